The first-order chi connectivity index (χ1) is 10.2. The number of rotatable bonds is 7. The molecule has 0 radical (unpaired) electrons. The molecule has 0 fully saturated rings. The normalized spacial score (nSPS) is 12.3. The van der Waals surface area contributed by atoms with Crippen LogP contribution in [0.4, 0.5) is 0 Å². The minimum Gasteiger partial charge on any atom is -0.387 e. The second-order valence-electron chi connectivity index (χ2n) is 5.42. The predicted octanol–water partition coefficient (Wildman–Crippen LogP) is 2.88. The molecular formula is C18H23N3. The second kappa shape index (κ2) is 7.60. The van der Waals surface area contributed by atoms with E-state index in [1.54, 1.807) is 0 Å². The van der Waals surface area contributed by atoms with E-state index in [-0.39, 0.29) is 11.8 Å². The summed E-state index contributed by atoms with van der Waals surface area (Å²) in [7, 11) is 2.09. The summed E-state index contributed by atoms with van der Waals surface area (Å²) in [6.45, 7) is 1.73. The standard InChI is InChI=1S/C18H23N3/c1-21(13-12-15-8-4-2-5-9-15)14-17(18(19)20)16-10-6-3-7-11-16/h2-11,17H,12-14H2,1H3,(H3,19,20). The minimum atomic E-state index is -0.0352. The molecule has 0 saturated heterocycles. The van der Waals surface area contributed by atoms with Gasteiger partial charge in [0.1, 0.15) is 0 Å². The number of hydrogen-bond acceptors (Lipinski definition) is 2. The summed E-state index contributed by atoms with van der Waals surface area (Å²) in [5, 5.41) is 7.83. The van der Waals surface area contributed by atoms with E-state index in [0.29, 0.717) is 0 Å². The summed E-state index contributed by atoms with van der Waals surface area (Å²) < 4.78 is 0. The van der Waals surface area contributed by atoms with Crippen molar-refractivity contribution in [3.05, 3.63) is 71.8 Å². The van der Waals surface area contributed by atoms with Crippen LogP contribution in [0.3, 0.4) is 0 Å². The van der Waals surface area contributed by atoms with E-state index in [9.17, 15) is 0 Å². The van der Waals surface area contributed by atoms with Gasteiger partial charge in [-0.1, -0.05) is 60.7 Å². The van der Waals surface area contributed by atoms with E-state index < -0.39 is 0 Å². The van der Waals surface area contributed by atoms with Crippen LogP contribution in [0, 0.1) is 5.41 Å². The molecule has 0 aliphatic rings. The summed E-state index contributed by atoms with van der Waals surface area (Å²) in [5.74, 6) is 0.194. The third kappa shape index (κ3) is 4.72. The Kier molecular flexibility index (Phi) is 5.52. The summed E-state index contributed by atoms with van der Waals surface area (Å²) >= 11 is 0. The minimum absolute atomic E-state index is 0.0352. The maximum absolute atomic E-state index is 7.83. The molecule has 0 aromatic heterocycles. The quantitative estimate of drug-likeness (QED) is 0.605. The summed E-state index contributed by atoms with van der Waals surface area (Å²) in [5.41, 5.74) is 8.23. The van der Waals surface area contributed by atoms with Crippen molar-refractivity contribution in [2.24, 2.45) is 5.73 Å². The average Bonchev–Trinajstić information content (AvgIpc) is 2.52. The molecule has 0 spiro atoms. The van der Waals surface area contributed by atoms with Gasteiger partial charge in [-0.3, -0.25) is 5.41 Å². The van der Waals surface area contributed by atoms with Crippen molar-refractivity contribution in [1.29, 1.82) is 5.41 Å². The molecule has 3 N–H and O–H groups in total. The zero-order chi connectivity index (χ0) is 15.1. The van der Waals surface area contributed by atoms with Gasteiger partial charge in [0.15, 0.2) is 0 Å². The highest BCUT2D eigenvalue weighted by atomic mass is 15.1. The van der Waals surface area contributed by atoms with Gasteiger partial charge in [-0.05, 0) is 24.6 Å². The van der Waals surface area contributed by atoms with Gasteiger partial charge in [0.2, 0.25) is 0 Å². The smallest absolute Gasteiger partial charge is 0.0995 e. The van der Waals surface area contributed by atoms with Crippen LogP contribution in [0.15, 0.2) is 60.7 Å². The number of benzene rings is 2. The molecule has 2 aromatic rings. The maximum atomic E-state index is 7.83. The molecule has 0 aliphatic heterocycles. The van der Waals surface area contributed by atoms with Crippen LogP contribution < -0.4 is 5.73 Å². The van der Waals surface area contributed by atoms with Crippen LogP contribution in [-0.2, 0) is 6.42 Å². The van der Waals surface area contributed by atoms with Crippen molar-refractivity contribution in [2.45, 2.75) is 12.3 Å². The SMILES string of the molecule is CN(CCc1ccccc1)CC(C(=N)N)c1ccccc1. The molecule has 0 aliphatic carbocycles. The Bertz CT molecular complexity index is 551. The highest BCUT2D eigenvalue weighted by molar-refractivity contribution is 5.84. The van der Waals surface area contributed by atoms with Gasteiger partial charge in [0.25, 0.3) is 0 Å². The number of likely N-dealkylation sites (N-methyl/N-ethyl adjacent to an activating group) is 1. The van der Waals surface area contributed by atoms with Gasteiger partial charge in [0, 0.05) is 13.1 Å². The molecule has 3 nitrogen and oxygen atoms in total. The molecule has 0 saturated carbocycles. The van der Waals surface area contributed by atoms with Crippen molar-refractivity contribution in [3.63, 3.8) is 0 Å². The van der Waals surface area contributed by atoms with Gasteiger partial charge in [-0.2, -0.15) is 0 Å². The summed E-state index contributed by atoms with van der Waals surface area (Å²) in [6.07, 6.45) is 1.01. The van der Waals surface area contributed by atoms with Gasteiger partial charge in [-0.15, -0.1) is 0 Å². The second-order valence-corrected chi connectivity index (χ2v) is 5.42. The van der Waals surface area contributed by atoms with E-state index >= 15 is 0 Å². The zero-order valence-corrected chi connectivity index (χ0v) is 12.5. The number of amidine groups is 1. The lowest BCUT2D eigenvalue weighted by Crippen LogP contribution is -2.33. The maximum Gasteiger partial charge on any atom is 0.0995 e. The fourth-order valence-electron chi connectivity index (χ4n) is 2.44. The van der Waals surface area contributed by atoms with Crippen molar-refractivity contribution < 1.29 is 0 Å². The lowest BCUT2D eigenvalue weighted by atomic mass is 9.97. The van der Waals surface area contributed by atoms with E-state index in [1.165, 1.54) is 5.56 Å². The fourth-order valence-corrected chi connectivity index (χ4v) is 2.44. The molecule has 0 heterocycles. The van der Waals surface area contributed by atoms with E-state index in [1.807, 2.05) is 36.4 Å². The Balaban J connectivity index is 1.93. The lowest BCUT2D eigenvalue weighted by Gasteiger charge is -2.23. The third-order valence-electron chi connectivity index (χ3n) is 3.70. The third-order valence-corrected chi connectivity index (χ3v) is 3.70. The van der Waals surface area contributed by atoms with Crippen LogP contribution in [-0.4, -0.2) is 30.9 Å². The molecule has 2 rings (SSSR count). The van der Waals surface area contributed by atoms with Crippen LogP contribution in [0.2, 0.25) is 0 Å². The number of hydrogen-bond donors (Lipinski definition) is 2. The fraction of sp³-hybridized carbons (Fsp3) is 0.278. The Labute approximate surface area is 126 Å². The topological polar surface area (TPSA) is 53.1 Å². The van der Waals surface area contributed by atoms with E-state index in [2.05, 4.69) is 36.2 Å². The number of nitrogens with two attached hydrogens (primary N) is 1. The lowest BCUT2D eigenvalue weighted by molar-refractivity contribution is 0.334. The van der Waals surface area contributed by atoms with Crippen LogP contribution in [0.25, 0.3) is 0 Å². The van der Waals surface area contributed by atoms with Crippen LogP contribution >= 0.6 is 0 Å². The van der Waals surface area contributed by atoms with Gasteiger partial charge in [-0.25, -0.2) is 0 Å². The summed E-state index contributed by atoms with van der Waals surface area (Å²) in [4.78, 5) is 2.24. The molecule has 0 bridgehead atoms. The van der Waals surface area contributed by atoms with Gasteiger partial charge >= 0.3 is 0 Å². The Morgan fingerprint density at radius 1 is 1.05 bits per heavy atom. The van der Waals surface area contributed by atoms with Crippen molar-refractivity contribution >= 4 is 5.84 Å². The number of nitrogens with zero attached hydrogens (tertiary/aromatic N) is 1. The molecule has 21 heavy (non-hydrogen) atoms. The Hall–Kier alpha value is -2.13. The zero-order valence-electron chi connectivity index (χ0n) is 12.5. The van der Waals surface area contributed by atoms with Gasteiger partial charge in [0.05, 0.1) is 11.8 Å². The van der Waals surface area contributed by atoms with Crippen molar-refractivity contribution in [1.82, 2.24) is 4.90 Å². The number of nitrogens with one attached hydrogen (secondary N) is 1. The van der Waals surface area contributed by atoms with Crippen molar-refractivity contribution in [3.8, 4) is 0 Å². The average molecular weight is 281 g/mol. The molecule has 3 heteroatoms. The highest BCUT2D eigenvalue weighted by Gasteiger charge is 2.16. The predicted molar refractivity (Wildman–Crippen MR) is 88.7 cm³/mol. The van der Waals surface area contributed by atoms with Crippen LogP contribution in [0.1, 0.15) is 17.0 Å². The molecule has 110 valence electrons. The molecule has 2 aromatic carbocycles. The van der Waals surface area contributed by atoms with Crippen molar-refractivity contribution in [2.75, 3.05) is 20.1 Å². The molecule has 0 amide bonds. The van der Waals surface area contributed by atoms with E-state index in [4.69, 9.17) is 11.1 Å². The monoisotopic (exact) mass is 281 g/mol. The largest absolute Gasteiger partial charge is 0.387 e. The first-order valence-electron chi connectivity index (χ1n) is 7.28. The Morgan fingerprint density at radius 2 is 1.62 bits per heavy atom. The highest BCUT2D eigenvalue weighted by Crippen LogP contribution is 2.16. The summed E-state index contributed by atoms with van der Waals surface area (Å²) in [6, 6.07) is 20.5. The van der Waals surface area contributed by atoms with E-state index in [0.717, 1.165) is 25.1 Å². The van der Waals surface area contributed by atoms with Gasteiger partial charge < -0.3 is 10.6 Å². The van der Waals surface area contributed by atoms with Crippen LogP contribution in [0.5, 0.6) is 0 Å². The first kappa shape index (κ1) is 15.3. The Morgan fingerprint density at radius 3 is 2.19 bits per heavy atom. The molecular weight excluding hydrogens is 258 g/mol. The molecule has 1 atom stereocenters. The molecule has 1 unspecified atom stereocenters. The first-order valence-corrected chi connectivity index (χ1v) is 7.28.